The molecule has 3 fully saturated rings. The Kier molecular flexibility index (Phi) is 7.90. The molecule has 2 aromatic carbocycles. The van der Waals surface area contributed by atoms with Crippen molar-refractivity contribution in [3.63, 3.8) is 0 Å². The van der Waals surface area contributed by atoms with Crippen molar-refractivity contribution in [1.82, 2.24) is 15.1 Å². The van der Waals surface area contributed by atoms with Gasteiger partial charge in [0.05, 0.1) is 5.56 Å². The zero-order valence-corrected chi connectivity index (χ0v) is 21.6. The van der Waals surface area contributed by atoms with Crippen LogP contribution in [0.1, 0.15) is 71.7 Å². The van der Waals surface area contributed by atoms with Gasteiger partial charge >= 0.3 is 0 Å². The highest BCUT2D eigenvalue weighted by atomic mass is 16.2. The number of amides is 2. The number of piperazine rings is 1. The fourth-order valence-corrected chi connectivity index (χ4v) is 6.09. The fraction of sp³-hybridized carbons (Fsp3) is 0.533. The summed E-state index contributed by atoms with van der Waals surface area (Å²) in [4.78, 5) is 33.2. The molecule has 0 aromatic heterocycles. The molecule has 5 rings (SSSR count). The molecule has 1 N–H and O–H groups in total. The van der Waals surface area contributed by atoms with Gasteiger partial charge in [-0.2, -0.15) is 0 Å². The highest BCUT2D eigenvalue weighted by Gasteiger charge is 2.30. The largest absolute Gasteiger partial charge is 0.371 e. The van der Waals surface area contributed by atoms with Crippen LogP contribution in [-0.2, 0) is 6.42 Å². The van der Waals surface area contributed by atoms with Gasteiger partial charge in [0.25, 0.3) is 11.8 Å². The van der Waals surface area contributed by atoms with Gasteiger partial charge in [-0.1, -0.05) is 44.0 Å². The number of nitrogens with zero attached hydrogens (tertiary/aromatic N) is 3. The summed E-state index contributed by atoms with van der Waals surface area (Å²) in [5.74, 6) is 0.158. The molecule has 36 heavy (non-hydrogen) atoms. The minimum absolute atomic E-state index is 0.00317. The van der Waals surface area contributed by atoms with Crippen molar-refractivity contribution in [2.45, 2.75) is 64.0 Å². The second-order valence-corrected chi connectivity index (χ2v) is 10.6. The normalized spacial score (nSPS) is 20.0. The summed E-state index contributed by atoms with van der Waals surface area (Å²) in [6.07, 6.45) is 8.06. The molecular weight excluding hydrogens is 448 g/mol. The Morgan fingerprint density at radius 3 is 2.17 bits per heavy atom. The molecular formula is C30H40N4O2. The SMILES string of the molecule is CCc1ccc(C(=O)NC2CCN(c3ccccc3C(=O)N3CCN(C4CCCC4)CC3)CC2)cc1. The minimum atomic E-state index is 0.00317. The molecule has 0 unspecified atom stereocenters. The van der Waals surface area contributed by atoms with Crippen molar-refractivity contribution >= 4 is 17.5 Å². The molecule has 192 valence electrons. The van der Waals surface area contributed by atoms with E-state index in [-0.39, 0.29) is 17.9 Å². The van der Waals surface area contributed by atoms with Crippen LogP contribution in [0.3, 0.4) is 0 Å². The van der Waals surface area contributed by atoms with Crippen LogP contribution in [0.4, 0.5) is 5.69 Å². The third-order valence-electron chi connectivity index (χ3n) is 8.37. The molecule has 0 bridgehead atoms. The van der Waals surface area contributed by atoms with Crippen LogP contribution < -0.4 is 10.2 Å². The number of anilines is 1. The average molecular weight is 489 g/mol. The Morgan fingerprint density at radius 1 is 0.833 bits per heavy atom. The standard InChI is InChI=1S/C30H40N4O2/c1-2-23-11-13-24(14-12-23)29(35)31-25-15-17-33(18-16-25)28-10-6-5-9-27(28)30(36)34-21-19-32(20-22-34)26-7-3-4-8-26/h5-6,9-14,25-26H,2-4,7-8,15-22H2,1H3,(H,31,35). The monoisotopic (exact) mass is 488 g/mol. The molecule has 1 aliphatic carbocycles. The van der Waals surface area contributed by atoms with Crippen molar-refractivity contribution in [2.24, 2.45) is 0 Å². The number of para-hydroxylation sites is 1. The quantitative estimate of drug-likeness (QED) is 0.657. The number of nitrogens with one attached hydrogen (secondary N) is 1. The Bertz CT molecular complexity index is 1030. The maximum absolute atomic E-state index is 13.5. The van der Waals surface area contributed by atoms with Crippen LogP contribution in [0, 0.1) is 0 Å². The number of benzene rings is 2. The van der Waals surface area contributed by atoms with Crippen molar-refractivity contribution < 1.29 is 9.59 Å². The summed E-state index contributed by atoms with van der Waals surface area (Å²) in [6, 6.07) is 16.8. The first-order valence-electron chi connectivity index (χ1n) is 13.9. The predicted molar refractivity (Wildman–Crippen MR) is 145 cm³/mol. The van der Waals surface area contributed by atoms with E-state index in [9.17, 15) is 9.59 Å². The first kappa shape index (κ1) is 24.8. The number of rotatable bonds is 6. The van der Waals surface area contributed by atoms with Crippen molar-refractivity contribution in [2.75, 3.05) is 44.2 Å². The van der Waals surface area contributed by atoms with Gasteiger partial charge in [0.1, 0.15) is 0 Å². The lowest BCUT2D eigenvalue weighted by Crippen LogP contribution is -2.51. The first-order chi connectivity index (χ1) is 17.6. The second-order valence-electron chi connectivity index (χ2n) is 10.6. The van der Waals surface area contributed by atoms with Crippen molar-refractivity contribution in [3.05, 3.63) is 65.2 Å². The van der Waals surface area contributed by atoms with Crippen molar-refractivity contribution in [1.29, 1.82) is 0 Å². The highest BCUT2D eigenvalue weighted by molar-refractivity contribution is 6.00. The molecule has 2 aliphatic heterocycles. The van der Waals surface area contributed by atoms with Gasteiger partial charge in [0.15, 0.2) is 0 Å². The Hall–Kier alpha value is -2.86. The van der Waals surface area contributed by atoms with Gasteiger partial charge in [-0.25, -0.2) is 0 Å². The smallest absolute Gasteiger partial charge is 0.256 e. The van der Waals surface area contributed by atoms with E-state index in [0.29, 0.717) is 0 Å². The minimum Gasteiger partial charge on any atom is -0.371 e. The first-order valence-corrected chi connectivity index (χ1v) is 13.9. The summed E-state index contributed by atoms with van der Waals surface area (Å²) in [5.41, 5.74) is 3.80. The lowest BCUT2D eigenvalue weighted by atomic mass is 10.0. The fourth-order valence-electron chi connectivity index (χ4n) is 6.09. The van der Waals surface area contributed by atoms with E-state index < -0.39 is 0 Å². The van der Waals surface area contributed by atoms with E-state index in [0.717, 1.165) is 81.4 Å². The van der Waals surface area contributed by atoms with Gasteiger partial charge in [-0.15, -0.1) is 0 Å². The molecule has 0 radical (unpaired) electrons. The number of hydrogen-bond acceptors (Lipinski definition) is 4. The zero-order chi connectivity index (χ0) is 24.9. The van der Waals surface area contributed by atoms with E-state index in [1.165, 1.54) is 31.2 Å². The molecule has 2 saturated heterocycles. The number of carbonyl (C=O) groups is 2. The van der Waals surface area contributed by atoms with E-state index in [2.05, 4.69) is 28.1 Å². The van der Waals surface area contributed by atoms with E-state index in [1.807, 2.05) is 47.4 Å². The van der Waals surface area contributed by atoms with Crippen LogP contribution in [0.25, 0.3) is 0 Å². The Labute approximate surface area is 215 Å². The maximum Gasteiger partial charge on any atom is 0.256 e. The number of carbonyl (C=O) groups excluding carboxylic acids is 2. The van der Waals surface area contributed by atoms with Crippen LogP contribution in [0.2, 0.25) is 0 Å². The molecule has 6 heteroatoms. The summed E-state index contributed by atoms with van der Waals surface area (Å²) in [6.45, 7) is 7.40. The van der Waals surface area contributed by atoms with Gasteiger partial charge in [-0.3, -0.25) is 14.5 Å². The van der Waals surface area contributed by atoms with Gasteiger partial charge < -0.3 is 15.1 Å². The molecule has 2 aromatic rings. The lowest BCUT2D eigenvalue weighted by Gasteiger charge is -2.39. The van der Waals surface area contributed by atoms with E-state index in [1.54, 1.807) is 0 Å². The number of hydrogen-bond donors (Lipinski definition) is 1. The second kappa shape index (κ2) is 11.5. The van der Waals surface area contributed by atoms with Crippen molar-refractivity contribution in [3.8, 4) is 0 Å². The average Bonchev–Trinajstić information content (AvgIpc) is 3.48. The lowest BCUT2D eigenvalue weighted by molar-refractivity contribution is 0.0574. The molecule has 2 heterocycles. The summed E-state index contributed by atoms with van der Waals surface area (Å²) < 4.78 is 0. The maximum atomic E-state index is 13.5. The van der Waals surface area contributed by atoms with E-state index >= 15 is 0 Å². The zero-order valence-electron chi connectivity index (χ0n) is 21.6. The molecule has 1 saturated carbocycles. The Morgan fingerprint density at radius 2 is 1.50 bits per heavy atom. The third-order valence-corrected chi connectivity index (χ3v) is 8.37. The molecule has 0 atom stereocenters. The number of aryl methyl sites for hydroxylation is 1. The molecule has 3 aliphatic rings. The van der Waals surface area contributed by atoms with Gasteiger partial charge in [0, 0.05) is 62.6 Å². The summed E-state index contributed by atoms with van der Waals surface area (Å²) >= 11 is 0. The molecule has 2 amide bonds. The Balaban J connectivity index is 1.16. The van der Waals surface area contributed by atoms with Crippen LogP contribution in [0.5, 0.6) is 0 Å². The predicted octanol–water partition coefficient (Wildman–Crippen LogP) is 4.35. The van der Waals surface area contributed by atoms with E-state index in [4.69, 9.17) is 0 Å². The topological polar surface area (TPSA) is 55.9 Å². The summed E-state index contributed by atoms with van der Waals surface area (Å²) in [7, 11) is 0. The number of piperidine rings is 1. The van der Waals surface area contributed by atoms with Gasteiger partial charge in [-0.05, 0) is 61.9 Å². The summed E-state index contributed by atoms with van der Waals surface area (Å²) in [5, 5.41) is 3.22. The van der Waals surface area contributed by atoms with Crippen LogP contribution in [-0.4, -0.2) is 73.0 Å². The highest BCUT2D eigenvalue weighted by Crippen LogP contribution is 2.28. The third kappa shape index (κ3) is 5.59. The van der Waals surface area contributed by atoms with Gasteiger partial charge in [0.2, 0.25) is 0 Å². The van der Waals surface area contributed by atoms with Crippen LogP contribution in [0.15, 0.2) is 48.5 Å². The molecule has 0 spiro atoms. The molecule has 6 nitrogen and oxygen atoms in total. The van der Waals surface area contributed by atoms with Crippen LogP contribution >= 0.6 is 0 Å².